The smallest absolute Gasteiger partial charge is 0.408 e. The van der Waals surface area contributed by atoms with Crippen LogP contribution in [-0.4, -0.2) is 23.7 Å². The van der Waals surface area contributed by atoms with Gasteiger partial charge < -0.3 is 19.5 Å². The maximum Gasteiger partial charge on any atom is 0.408 e. The van der Waals surface area contributed by atoms with Crippen molar-refractivity contribution >= 4 is 12.1 Å². The van der Waals surface area contributed by atoms with E-state index >= 15 is 0 Å². The predicted molar refractivity (Wildman–Crippen MR) is 130 cm³/mol. The Balaban J connectivity index is 1.78. The third kappa shape index (κ3) is 8.45. The lowest BCUT2D eigenvalue weighted by Crippen LogP contribution is -2.45. The van der Waals surface area contributed by atoms with Gasteiger partial charge in [0.15, 0.2) is 11.6 Å². The van der Waals surface area contributed by atoms with Crippen LogP contribution in [0.2, 0.25) is 0 Å². The van der Waals surface area contributed by atoms with Crippen LogP contribution in [0.3, 0.4) is 0 Å². The van der Waals surface area contributed by atoms with E-state index in [0.717, 1.165) is 11.1 Å². The standard InChI is InChI=1S/C28H30FNO5/c1-28(2,3)35-27(32)30-24(26(31)34-19-21-13-8-5-9-14-21)17-22-15-10-16-23(29)25(22)33-18-20-11-6-4-7-12-20/h4-16,24H,17-19H2,1-3H3,(H,30,32)/t24-/m0/s1. The summed E-state index contributed by atoms with van der Waals surface area (Å²) in [6.45, 7) is 5.34. The second-order valence-corrected chi connectivity index (χ2v) is 9.00. The van der Waals surface area contributed by atoms with Gasteiger partial charge in [0.2, 0.25) is 0 Å². The molecule has 3 rings (SSSR count). The highest BCUT2D eigenvalue weighted by Crippen LogP contribution is 2.26. The van der Waals surface area contributed by atoms with E-state index in [2.05, 4.69) is 5.32 Å². The lowest BCUT2D eigenvalue weighted by molar-refractivity contribution is -0.147. The average molecular weight is 480 g/mol. The molecule has 35 heavy (non-hydrogen) atoms. The summed E-state index contributed by atoms with van der Waals surface area (Å²) < 4.78 is 31.2. The quantitative estimate of drug-likeness (QED) is 0.406. The highest BCUT2D eigenvalue weighted by molar-refractivity contribution is 5.82. The number of esters is 1. The van der Waals surface area contributed by atoms with Gasteiger partial charge in [0.1, 0.15) is 24.9 Å². The molecular formula is C28H30FNO5. The Labute approximate surface area is 205 Å². The number of amides is 1. The molecule has 7 heteroatoms. The first-order valence-electron chi connectivity index (χ1n) is 11.4. The highest BCUT2D eigenvalue weighted by Gasteiger charge is 2.27. The van der Waals surface area contributed by atoms with Gasteiger partial charge in [0.05, 0.1) is 0 Å². The zero-order valence-electron chi connectivity index (χ0n) is 20.1. The second-order valence-electron chi connectivity index (χ2n) is 9.00. The van der Waals surface area contributed by atoms with Crippen LogP contribution in [0, 0.1) is 5.82 Å². The minimum absolute atomic E-state index is 0.0169. The average Bonchev–Trinajstić information content (AvgIpc) is 2.82. The maximum absolute atomic E-state index is 14.7. The molecule has 0 aliphatic rings. The Morgan fingerprint density at radius 3 is 2.06 bits per heavy atom. The van der Waals surface area contributed by atoms with Crippen molar-refractivity contribution in [3.63, 3.8) is 0 Å². The lowest BCUT2D eigenvalue weighted by atomic mass is 10.0. The SMILES string of the molecule is CC(C)(C)OC(=O)N[C@@H](Cc1cccc(F)c1OCc1ccccc1)C(=O)OCc1ccccc1. The van der Waals surface area contributed by atoms with Crippen molar-refractivity contribution in [2.24, 2.45) is 0 Å². The molecule has 0 saturated carbocycles. The Morgan fingerprint density at radius 2 is 1.46 bits per heavy atom. The fraction of sp³-hybridized carbons (Fsp3) is 0.286. The fourth-order valence-electron chi connectivity index (χ4n) is 3.30. The molecule has 0 saturated heterocycles. The molecular weight excluding hydrogens is 449 g/mol. The zero-order valence-corrected chi connectivity index (χ0v) is 20.1. The van der Waals surface area contributed by atoms with Crippen molar-refractivity contribution in [1.29, 1.82) is 0 Å². The van der Waals surface area contributed by atoms with Gasteiger partial charge in [0.25, 0.3) is 0 Å². The Bertz CT molecular complexity index is 1110. The molecule has 0 spiro atoms. The second kappa shape index (κ2) is 12.0. The molecule has 1 N–H and O–H groups in total. The number of benzene rings is 3. The number of hydrogen-bond acceptors (Lipinski definition) is 5. The van der Waals surface area contributed by atoms with E-state index in [0.29, 0.717) is 5.56 Å². The van der Waals surface area contributed by atoms with Gasteiger partial charge in [-0.1, -0.05) is 72.8 Å². The summed E-state index contributed by atoms with van der Waals surface area (Å²) in [5.74, 6) is -1.21. The summed E-state index contributed by atoms with van der Waals surface area (Å²) in [6, 6.07) is 21.9. The van der Waals surface area contributed by atoms with Crippen molar-refractivity contribution in [3.05, 3.63) is 101 Å². The highest BCUT2D eigenvalue weighted by atomic mass is 19.1. The van der Waals surface area contributed by atoms with Crippen LogP contribution in [0.1, 0.15) is 37.5 Å². The molecule has 1 atom stereocenters. The molecule has 0 fully saturated rings. The molecule has 0 bridgehead atoms. The fourth-order valence-corrected chi connectivity index (χ4v) is 3.30. The van der Waals surface area contributed by atoms with E-state index in [1.165, 1.54) is 12.1 Å². The van der Waals surface area contributed by atoms with E-state index < -0.39 is 29.5 Å². The molecule has 0 aromatic heterocycles. The number of para-hydroxylation sites is 1. The largest absolute Gasteiger partial charge is 0.486 e. The summed E-state index contributed by atoms with van der Waals surface area (Å²) in [6.07, 6.45) is -0.823. The van der Waals surface area contributed by atoms with Gasteiger partial charge >= 0.3 is 12.1 Å². The summed E-state index contributed by atoms with van der Waals surface area (Å²) >= 11 is 0. The molecule has 0 unspecified atom stereocenters. The summed E-state index contributed by atoms with van der Waals surface area (Å²) in [5, 5.41) is 2.56. The van der Waals surface area contributed by atoms with Crippen molar-refractivity contribution in [2.45, 2.75) is 52.0 Å². The maximum atomic E-state index is 14.7. The molecule has 0 aliphatic heterocycles. The lowest BCUT2D eigenvalue weighted by Gasteiger charge is -2.23. The summed E-state index contributed by atoms with van der Waals surface area (Å²) in [7, 11) is 0. The third-order valence-electron chi connectivity index (χ3n) is 4.90. The van der Waals surface area contributed by atoms with Gasteiger partial charge in [-0.25, -0.2) is 14.0 Å². The van der Waals surface area contributed by atoms with Crippen LogP contribution in [0.15, 0.2) is 78.9 Å². The number of halogens is 1. The van der Waals surface area contributed by atoms with Crippen molar-refractivity contribution in [1.82, 2.24) is 5.32 Å². The van der Waals surface area contributed by atoms with Crippen LogP contribution in [0.4, 0.5) is 9.18 Å². The minimum Gasteiger partial charge on any atom is -0.486 e. The molecule has 184 valence electrons. The summed E-state index contributed by atoms with van der Waals surface area (Å²) in [4.78, 5) is 25.4. The van der Waals surface area contributed by atoms with Crippen LogP contribution >= 0.6 is 0 Å². The molecule has 3 aromatic carbocycles. The van der Waals surface area contributed by atoms with Gasteiger partial charge in [-0.3, -0.25) is 0 Å². The minimum atomic E-state index is -1.12. The van der Waals surface area contributed by atoms with Crippen molar-refractivity contribution < 1.29 is 28.2 Å². The predicted octanol–water partition coefficient (Wildman–Crippen LogP) is 5.58. The Kier molecular flexibility index (Phi) is 8.84. The van der Waals surface area contributed by atoms with E-state index in [1.54, 1.807) is 26.8 Å². The van der Waals surface area contributed by atoms with Gasteiger partial charge in [-0.15, -0.1) is 0 Å². The monoisotopic (exact) mass is 479 g/mol. The van der Waals surface area contributed by atoms with Crippen LogP contribution in [-0.2, 0) is 33.9 Å². The number of hydrogen-bond donors (Lipinski definition) is 1. The Hall–Kier alpha value is -3.87. The molecule has 0 radical (unpaired) electrons. The number of ether oxygens (including phenoxy) is 3. The molecule has 6 nitrogen and oxygen atoms in total. The third-order valence-corrected chi connectivity index (χ3v) is 4.90. The van der Waals surface area contributed by atoms with Gasteiger partial charge in [0, 0.05) is 6.42 Å². The summed E-state index contributed by atoms with van der Waals surface area (Å²) in [5.41, 5.74) is 1.33. The first kappa shape index (κ1) is 25.7. The van der Waals surface area contributed by atoms with E-state index in [9.17, 15) is 14.0 Å². The topological polar surface area (TPSA) is 73.9 Å². The molecule has 1 amide bonds. The normalized spacial score (nSPS) is 11.9. The number of nitrogens with one attached hydrogen (secondary N) is 1. The first-order chi connectivity index (χ1) is 16.7. The first-order valence-corrected chi connectivity index (χ1v) is 11.4. The Morgan fingerprint density at radius 1 is 0.857 bits per heavy atom. The number of carbonyl (C=O) groups excluding carboxylic acids is 2. The zero-order chi connectivity index (χ0) is 25.3. The van der Waals surface area contributed by atoms with E-state index in [1.807, 2.05) is 60.7 Å². The number of carbonyl (C=O) groups is 2. The number of rotatable bonds is 9. The van der Waals surface area contributed by atoms with Crippen LogP contribution < -0.4 is 10.1 Å². The molecule has 0 aliphatic carbocycles. The number of alkyl carbamates (subject to hydrolysis) is 1. The van der Waals surface area contributed by atoms with Gasteiger partial charge in [-0.2, -0.15) is 0 Å². The molecule has 0 heterocycles. The van der Waals surface area contributed by atoms with Crippen molar-refractivity contribution in [3.8, 4) is 5.75 Å². The molecule has 3 aromatic rings. The van der Waals surface area contributed by atoms with Crippen molar-refractivity contribution in [2.75, 3.05) is 0 Å². The van der Waals surface area contributed by atoms with Crippen LogP contribution in [0.25, 0.3) is 0 Å². The van der Waals surface area contributed by atoms with Crippen LogP contribution in [0.5, 0.6) is 5.75 Å². The van der Waals surface area contributed by atoms with E-state index in [4.69, 9.17) is 14.2 Å². The van der Waals surface area contributed by atoms with E-state index in [-0.39, 0.29) is 25.4 Å². The van der Waals surface area contributed by atoms with Gasteiger partial charge in [-0.05, 0) is 43.5 Å².